The van der Waals surface area contributed by atoms with Crippen molar-refractivity contribution >= 4 is 11.9 Å². The smallest absolute Gasteiger partial charge is 0.336 e. The fraction of sp³-hybridized carbons (Fsp3) is 0.667. The second kappa shape index (κ2) is 12.6. The van der Waals surface area contributed by atoms with Gasteiger partial charge in [0.15, 0.2) is 0 Å². The lowest BCUT2D eigenvalue weighted by molar-refractivity contribution is 0.0650. The summed E-state index contributed by atoms with van der Waals surface area (Å²) >= 11 is 0. The summed E-state index contributed by atoms with van der Waals surface area (Å²) < 4.78 is 0. The molecule has 0 amide bonds. The summed E-state index contributed by atoms with van der Waals surface area (Å²) in [6, 6.07) is 3.22. The van der Waals surface area contributed by atoms with E-state index in [2.05, 4.69) is 27.7 Å². The van der Waals surface area contributed by atoms with Gasteiger partial charge in [0, 0.05) is 0 Å². The van der Waals surface area contributed by atoms with Crippen molar-refractivity contribution in [2.75, 3.05) is 0 Å². The Bertz CT molecular complexity index is 616. The molecule has 0 radical (unpaired) electrons. The van der Waals surface area contributed by atoms with Gasteiger partial charge in [-0.3, -0.25) is 0 Å². The van der Waals surface area contributed by atoms with E-state index >= 15 is 0 Å². The van der Waals surface area contributed by atoms with Crippen LogP contribution in [0.2, 0.25) is 0 Å². The van der Waals surface area contributed by atoms with E-state index in [-0.39, 0.29) is 11.1 Å². The molecule has 1 saturated carbocycles. The van der Waals surface area contributed by atoms with Gasteiger partial charge < -0.3 is 10.2 Å². The second-order valence-corrected chi connectivity index (χ2v) is 8.72. The molecule has 1 aliphatic rings. The Hall–Kier alpha value is -1.84. The zero-order chi connectivity index (χ0) is 21.1. The Morgan fingerprint density at radius 1 is 0.786 bits per heavy atom. The Morgan fingerprint density at radius 3 is 1.64 bits per heavy atom. The first-order chi connectivity index (χ1) is 13.2. The highest BCUT2D eigenvalue weighted by atomic mass is 16.4. The van der Waals surface area contributed by atoms with E-state index in [1.165, 1.54) is 44.6 Å². The van der Waals surface area contributed by atoms with Gasteiger partial charge in [0.2, 0.25) is 0 Å². The lowest BCUT2D eigenvalue weighted by atomic mass is 9.88. The van der Waals surface area contributed by atoms with Crippen molar-refractivity contribution in [3.8, 4) is 0 Å². The minimum Gasteiger partial charge on any atom is -0.478 e. The van der Waals surface area contributed by atoms with Gasteiger partial charge in [0.25, 0.3) is 0 Å². The summed E-state index contributed by atoms with van der Waals surface area (Å²) in [5.74, 6) is -1.38. The molecule has 2 rings (SSSR count). The van der Waals surface area contributed by atoms with Crippen LogP contribution in [0, 0.1) is 11.8 Å². The van der Waals surface area contributed by atoms with Gasteiger partial charge in [-0.05, 0) is 54.7 Å². The quantitative estimate of drug-likeness (QED) is 0.524. The molecular weight excluding hydrogens is 352 g/mol. The van der Waals surface area contributed by atoms with Crippen LogP contribution in [0.25, 0.3) is 0 Å². The van der Waals surface area contributed by atoms with Crippen molar-refractivity contribution in [2.24, 2.45) is 11.8 Å². The Labute approximate surface area is 170 Å². The minimum atomic E-state index is -1.18. The van der Waals surface area contributed by atoms with Gasteiger partial charge in [0.05, 0.1) is 11.1 Å². The van der Waals surface area contributed by atoms with Crippen molar-refractivity contribution in [3.63, 3.8) is 0 Å². The lowest BCUT2D eigenvalue weighted by Gasteiger charge is -2.16. The van der Waals surface area contributed by atoms with E-state index in [4.69, 9.17) is 0 Å². The largest absolute Gasteiger partial charge is 0.478 e. The number of hydrogen-bond acceptors (Lipinski definition) is 2. The first-order valence-corrected chi connectivity index (χ1v) is 10.8. The van der Waals surface area contributed by atoms with Gasteiger partial charge in [-0.1, -0.05) is 72.3 Å². The number of rotatable bonds is 8. The van der Waals surface area contributed by atoms with Crippen molar-refractivity contribution in [3.05, 3.63) is 34.4 Å². The molecule has 0 atom stereocenters. The Kier molecular flexibility index (Phi) is 10.9. The average molecular weight is 391 g/mol. The number of benzene rings is 1. The van der Waals surface area contributed by atoms with Crippen molar-refractivity contribution in [2.45, 2.75) is 91.9 Å². The van der Waals surface area contributed by atoms with Crippen LogP contribution in [-0.4, -0.2) is 22.2 Å². The molecule has 1 fully saturated rings. The number of aromatic carboxylic acids is 2. The van der Waals surface area contributed by atoms with Gasteiger partial charge in [0.1, 0.15) is 0 Å². The fourth-order valence-electron chi connectivity index (χ4n) is 3.57. The van der Waals surface area contributed by atoms with Gasteiger partial charge >= 0.3 is 11.9 Å². The minimum absolute atomic E-state index is 0.0330. The van der Waals surface area contributed by atoms with Crippen molar-refractivity contribution in [1.82, 2.24) is 0 Å². The number of hydrogen-bond donors (Lipinski definition) is 2. The predicted octanol–water partition coefficient (Wildman–Crippen LogP) is 6.60. The lowest BCUT2D eigenvalue weighted by Crippen LogP contribution is -2.14. The summed E-state index contributed by atoms with van der Waals surface area (Å²) in [6.45, 7) is 8.40. The van der Waals surface area contributed by atoms with Crippen molar-refractivity contribution in [1.29, 1.82) is 0 Å². The second-order valence-electron chi connectivity index (χ2n) is 8.72. The molecule has 1 aromatic rings. The summed E-state index contributed by atoms with van der Waals surface area (Å²) in [5.41, 5.74) is 1.52. The normalized spacial score (nSPS) is 13.9. The molecule has 1 aliphatic carbocycles. The van der Waals surface area contributed by atoms with Gasteiger partial charge in [-0.15, -0.1) is 0 Å². The highest BCUT2D eigenvalue weighted by Crippen LogP contribution is 2.25. The highest BCUT2D eigenvalue weighted by molar-refractivity contribution is 6.03. The van der Waals surface area contributed by atoms with E-state index in [0.29, 0.717) is 23.8 Å². The third-order valence-electron chi connectivity index (χ3n) is 5.32. The first kappa shape index (κ1) is 24.2. The molecule has 0 aliphatic heterocycles. The maximum absolute atomic E-state index is 11.6. The summed E-state index contributed by atoms with van der Waals surface area (Å²) in [4.78, 5) is 22.9. The zero-order valence-electron chi connectivity index (χ0n) is 18.1. The first-order valence-electron chi connectivity index (χ1n) is 10.8. The predicted molar refractivity (Wildman–Crippen MR) is 114 cm³/mol. The van der Waals surface area contributed by atoms with Crippen LogP contribution >= 0.6 is 0 Å². The molecular formula is C24H38O4. The van der Waals surface area contributed by atoms with Crippen LogP contribution in [0.1, 0.15) is 111 Å². The van der Waals surface area contributed by atoms with E-state index in [1.807, 2.05) is 0 Å². The van der Waals surface area contributed by atoms with E-state index in [0.717, 1.165) is 24.8 Å². The third kappa shape index (κ3) is 8.45. The molecule has 0 spiro atoms. The van der Waals surface area contributed by atoms with Gasteiger partial charge in [-0.25, -0.2) is 9.59 Å². The number of carbonyl (C=O) groups is 2. The molecule has 0 saturated heterocycles. The molecule has 2 N–H and O–H groups in total. The number of carboxylic acids is 2. The molecule has 0 unspecified atom stereocenters. The van der Waals surface area contributed by atoms with Crippen LogP contribution in [0.3, 0.4) is 0 Å². The van der Waals surface area contributed by atoms with Crippen LogP contribution in [0.4, 0.5) is 0 Å². The molecule has 4 nitrogen and oxygen atoms in total. The van der Waals surface area contributed by atoms with E-state index in [1.54, 1.807) is 6.07 Å². The standard InChI is InChI=1S/C18H26O4.C6H12/c1-11(2)5-7-13-8-10-15(17(19)20)16(18(21)22)14(13)9-6-12(3)4;1-2-4-6-5-3-1/h8,10-12H,5-7,9H2,1-4H3,(H,19,20)(H,21,22);1-6H2. The van der Waals surface area contributed by atoms with Crippen molar-refractivity contribution < 1.29 is 19.8 Å². The third-order valence-corrected chi connectivity index (χ3v) is 5.32. The maximum Gasteiger partial charge on any atom is 0.336 e. The summed E-state index contributed by atoms with van der Waals surface area (Å²) in [5, 5.41) is 18.8. The summed E-state index contributed by atoms with van der Waals surface area (Å²) in [7, 11) is 0. The molecule has 0 heterocycles. The molecule has 0 aromatic heterocycles. The van der Waals surface area contributed by atoms with Gasteiger partial charge in [-0.2, -0.15) is 0 Å². The van der Waals surface area contributed by atoms with Crippen LogP contribution in [0.15, 0.2) is 12.1 Å². The molecule has 0 bridgehead atoms. The van der Waals surface area contributed by atoms with Crippen LogP contribution in [-0.2, 0) is 12.8 Å². The topological polar surface area (TPSA) is 74.6 Å². The Balaban J connectivity index is 0.000000552. The number of carboxylic acid groups (broad SMARTS) is 2. The Morgan fingerprint density at radius 2 is 1.25 bits per heavy atom. The summed E-state index contributed by atoms with van der Waals surface area (Å²) in [6.07, 6.45) is 12.2. The fourth-order valence-corrected chi connectivity index (χ4v) is 3.57. The average Bonchev–Trinajstić information content (AvgIpc) is 2.65. The SMILES string of the molecule is C1CCCCC1.CC(C)CCc1ccc(C(=O)O)c(C(=O)O)c1CCC(C)C. The van der Waals surface area contributed by atoms with E-state index in [9.17, 15) is 19.8 Å². The molecule has 28 heavy (non-hydrogen) atoms. The van der Waals surface area contributed by atoms with Crippen LogP contribution in [0.5, 0.6) is 0 Å². The van der Waals surface area contributed by atoms with Crippen LogP contribution < -0.4 is 0 Å². The zero-order valence-corrected chi connectivity index (χ0v) is 18.1. The maximum atomic E-state index is 11.6. The number of aryl methyl sites for hydroxylation is 1. The highest BCUT2D eigenvalue weighted by Gasteiger charge is 2.22. The molecule has 4 heteroatoms. The monoisotopic (exact) mass is 390 g/mol. The van der Waals surface area contributed by atoms with E-state index < -0.39 is 11.9 Å². The molecule has 1 aromatic carbocycles. The molecule has 158 valence electrons.